The Bertz CT molecular complexity index is 624. The van der Waals surface area contributed by atoms with Crippen molar-refractivity contribution in [2.24, 2.45) is 5.73 Å². The third kappa shape index (κ3) is 4.21. The number of nitrogens with one attached hydrogen (secondary N) is 2. The Balaban J connectivity index is 1.99. The monoisotopic (exact) mass is 307 g/mol. The predicted molar refractivity (Wildman–Crippen MR) is 79.0 cm³/mol. The van der Waals surface area contributed by atoms with Crippen molar-refractivity contribution in [3.63, 3.8) is 0 Å². The molecule has 7 heteroatoms. The molecule has 0 aromatic heterocycles. The van der Waals surface area contributed by atoms with Crippen molar-refractivity contribution < 1.29 is 14.0 Å². The Kier molecular flexibility index (Phi) is 5.20. The van der Waals surface area contributed by atoms with Gasteiger partial charge in [-0.3, -0.25) is 9.59 Å². The molecule has 1 fully saturated rings. The van der Waals surface area contributed by atoms with Gasteiger partial charge >= 0.3 is 0 Å². The van der Waals surface area contributed by atoms with Gasteiger partial charge in [0.05, 0.1) is 6.54 Å². The van der Waals surface area contributed by atoms with E-state index >= 15 is 0 Å². The first-order chi connectivity index (χ1) is 10.1. The molecule has 1 heterocycles. The second kappa shape index (κ2) is 7.11. The van der Waals surface area contributed by atoms with Crippen molar-refractivity contribution in [1.82, 2.24) is 10.6 Å². The summed E-state index contributed by atoms with van der Waals surface area (Å²) in [5.74, 6) is 5.13. The van der Waals surface area contributed by atoms with E-state index in [0.29, 0.717) is 16.9 Å². The maximum atomic E-state index is 13.7. The van der Waals surface area contributed by atoms with E-state index in [1.807, 2.05) is 0 Å². The smallest absolute Gasteiger partial charge is 0.279 e. The maximum absolute atomic E-state index is 13.7. The fourth-order valence-corrected chi connectivity index (χ4v) is 2.55. The second-order valence-corrected chi connectivity index (χ2v) is 5.32. The molecule has 1 unspecified atom stereocenters. The molecule has 5 nitrogen and oxygen atoms in total. The van der Waals surface area contributed by atoms with E-state index in [2.05, 4.69) is 22.5 Å². The number of amides is 2. The van der Waals surface area contributed by atoms with Crippen LogP contribution in [-0.4, -0.2) is 29.5 Å². The Labute approximate surface area is 125 Å². The van der Waals surface area contributed by atoms with Crippen LogP contribution in [0.2, 0.25) is 0 Å². The lowest BCUT2D eigenvalue weighted by atomic mass is 10.1. The van der Waals surface area contributed by atoms with Gasteiger partial charge in [0.1, 0.15) is 11.9 Å². The number of nitrogens with two attached hydrogens (primary N) is 1. The van der Waals surface area contributed by atoms with E-state index in [-0.39, 0.29) is 24.2 Å². The highest BCUT2D eigenvalue weighted by Crippen LogP contribution is 2.14. The average Bonchev–Trinajstić information content (AvgIpc) is 2.91. The third-order valence-corrected chi connectivity index (χ3v) is 3.70. The van der Waals surface area contributed by atoms with Gasteiger partial charge in [-0.25, -0.2) is 4.39 Å². The van der Waals surface area contributed by atoms with Gasteiger partial charge < -0.3 is 16.4 Å². The molecule has 0 bridgehead atoms. The molecule has 1 aliphatic heterocycles. The highest BCUT2D eigenvalue weighted by atomic mass is 32.2. The zero-order valence-electron chi connectivity index (χ0n) is 11.1. The number of hydrogen-bond acceptors (Lipinski definition) is 4. The van der Waals surface area contributed by atoms with Crippen LogP contribution in [0.3, 0.4) is 0 Å². The lowest BCUT2D eigenvalue weighted by molar-refractivity contribution is -0.122. The van der Waals surface area contributed by atoms with Gasteiger partial charge in [-0.05, 0) is 18.2 Å². The van der Waals surface area contributed by atoms with Crippen molar-refractivity contribution in [3.8, 4) is 11.8 Å². The summed E-state index contributed by atoms with van der Waals surface area (Å²) in [6, 6.07) is 3.86. The summed E-state index contributed by atoms with van der Waals surface area (Å²) in [7, 11) is 0. The molecule has 1 aromatic rings. The maximum Gasteiger partial charge on any atom is 0.279 e. The Morgan fingerprint density at radius 2 is 2.38 bits per heavy atom. The summed E-state index contributed by atoms with van der Waals surface area (Å²) in [5, 5.41) is 4.91. The normalized spacial score (nSPS) is 16.9. The summed E-state index contributed by atoms with van der Waals surface area (Å²) in [4.78, 5) is 22.8. The van der Waals surface area contributed by atoms with Gasteiger partial charge in [0, 0.05) is 23.4 Å². The molecule has 0 saturated carbocycles. The first-order valence-electron chi connectivity index (χ1n) is 6.28. The molecule has 110 valence electrons. The van der Waals surface area contributed by atoms with Crippen LogP contribution in [0.4, 0.5) is 9.18 Å². The zero-order chi connectivity index (χ0) is 15.2. The van der Waals surface area contributed by atoms with Gasteiger partial charge in [0.25, 0.3) is 5.24 Å². The lowest BCUT2D eigenvalue weighted by Crippen LogP contribution is -2.42. The predicted octanol–water partition coefficient (Wildman–Crippen LogP) is 0.577. The van der Waals surface area contributed by atoms with Crippen LogP contribution < -0.4 is 16.4 Å². The Hall–Kier alpha value is -2.04. The number of carbonyl (C=O) groups excluding carboxylic acids is 2. The fourth-order valence-electron chi connectivity index (χ4n) is 1.77. The van der Waals surface area contributed by atoms with Gasteiger partial charge in [-0.1, -0.05) is 23.6 Å². The van der Waals surface area contributed by atoms with E-state index in [0.717, 1.165) is 11.8 Å². The number of benzene rings is 1. The molecular formula is C14H14FN3O2S. The molecule has 21 heavy (non-hydrogen) atoms. The molecule has 0 spiro atoms. The minimum Gasteiger partial charge on any atom is -0.350 e. The van der Waals surface area contributed by atoms with E-state index < -0.39 is 11.9 Å². The topological polar surface area (TPSA) is 84.2 Å². The molecule has 1 aliphatic rings. The van der Waals surface area contributed by atoms with E-state index in [9.17, 15) is 14.0 Å². The molecule has 1 aromatic carbocycles. The van der Waals surface area contributed by atoms with Crippen molar-refractivity contribution in [3.05, 3.63) is 35.1 Å². The largest absolute Gasteiger partial charge is 0.350 e. The average molecular weight is 307 g/mol. The SMILES string of the molecule is NCC#Cc1ccc(F)c(CNC(=O)C2CSC(=O)N2)c1. The van der Waals surface area contributed by atoms with Gasteiger partial charge in [0.15, 0.2) is 0 Å². The summed E-state index contributed by atoms with van der Waals surface area (Å²) >= 11 is 1.06. The highest BCUT2D eigenvalue weighted by molar-refractivity contribution is 8.14. The summed E-state index contributed by atoms with van der Waals surface area (Å²) < 4.78 is 13.7. The molecule has 4 N–H and O–H groups in total. The highest BCUT2D eigenvalue weighted by Gasteiger charge is 2.27. The molecule has 2 amide bonds. The summed E-state index contributed by atoms with van der Waals surface area (Å²) in [6.45, 7) is 0.266. The Morgan fingerprint density at radius 1 is 1.57 bits per heavy atom. The van der Waals surface area contributed by atoms with E-state index in [1.165, 1.54) is 6.07 Å². The minimum atomic E-state index is -0.564. The fraction of sp³-hybridized carbons (Fsp3) is 0.286. The van der Waals surface area contributed by atoms with Crippen LogP contribution in [0.15, 0.2) is 18.2 Å². The minimum absolute atomic E-state index is 0.0415. The summed E-state index contributed by atoms with van der Waals surface area (Å²) in [6.07, 6.45) is 0. The zero-order valence-corrected chi connectivity index (χ0v) is 11.9. The first kappa shape index (κ1) is 15.4. The van der Waals surface area contributed by atoms with Crippen LogP contribution >= 0.6 is 11.8 Å². The standard InChI is InChI=1S/C14H14FN3O2S/c15-11-4-3-9(2-1-5-16)6-10(11)7-17-13(19)12-8-21-14(20)18-12/h3-4,6,12H,5,7-8,16H2,(H,17,19)(H,18,20). The van der Waals surface area contributed by atoms with E-state index in [1.54, 1.807) is 12.1 Å². The number of thioether (sulfide) groups is 1. The van der Waals surface area contributed by atoms with Crippen molar-refractivity contribution in [2.45, 2.75) is 12.6 Å². The van der Waals surface area contributed by atoms with Gasteiger partial charge in [-0.2, -0.15) is 0 Å². The van der Waals surface area contributed by atoms with Crippen molar-refractivity contribution >= 4 is 22.9 Å². The second-order valence-electron chi connectivity index (χ2n) is 4.33. The molecule has 0 radical (unpaired) electrons. The van der Waals surface area contributed by atoms with Crippen molar-refractivity contribution in [1.29, 1.82) is 0 Å². The lowest BCUT2D eigenvalue weighted by Gasteiger charge is -2.11. The first-order valence-corrected chi connectivity index (χ1v) is 7.27. The third-order valence-electron chi connectivity index (χ3n) is 2.82. The molecule has 1 atom stereocenters. The van der Waals surface area contributed by atoms with Crippen LogP contribution in [0.5, 0.6) is 0 Å². The quantitative estimate of drug-likeness (QED) is 0.713. The van der Waals surface area contributed by atoms with E-state index in [4.69, 9.17) is 5.73 Å². The number of carbonyl (C=O) groups is 2. The van der Waals surface area contributed by atoms with Crippen LogP contribution in [0, 0.1) is 17.7 Å². The van der Waals surface area contributed by atoms with Gasteiger partial charge in [-0.15, -0.1) is 0 Å². The number of rotatable bonds is 3. The van der Waals surface area contributed by atoms with Crippen LogP contribution in [0.1, 0.15) is 11.1 Å². The van der Waals surface area contributed by atoms with Crippen LogP contribution in [-0.2, 0) is 11.3 Å². The molecular weight excluding hydrogens is 293 g/mol. The summed E-state index contributed by atoms with van der Waals surface area (Å²) in [5.41, 5.74) is 6.25. The molecule has 0 aliphatic carbocycles. The van der Waals surface area contributed by atoms with Crippen LogP contribution in [0.25, 0.3) is 0 Å². The molecule has 1 saturated heterocycles. The molecule has 2 rings (SSSR count). The number of hydrogen-bond donors (Lipinski definition) is 3. The number of halogens is 1. The van der Waals surface area contributed by atoms with Gasteiger partial charge in [0.2, 0.25) is 5.91 Å². The Morgan fingerprint density at radius 3 is 3.05 bits per heavy atom. The van der Waals surface area contributed by atoms with Crippen molar-refractivity contribution in [2.75, 3.05) is 12.3 Å².